The molecule has 1 aromatic heterocycles. The number of alkyl halides is 3. The van der Waals surface area contributed by atoms with E-state index in [1.807, 2.05) is 18.2 Å². The van der Waals surface area contributed by atoms with Crippen LogP contribution in [0.3, 0.4) is 0 Å². The molecule has 6 heteroatoms. The Morgan fingerprint density at radius 3 is 2.55 bits per heavy atom. The highest BCUT2D eigenvalue weighted by Gasteiger charge is 2.30. The van der Waals surface area contributed by atoms with Gasteiger partial charge in [0.25, 0.3) is 0 Å². The summed E-state index contributed by atoms with van der Waals surface area (Å²) in [5.74, 6) is 0.168. The van der Waals surface area contributed by atoms with Crippen LogP contribution >= 0.6 is 0 Å². The zero-order valence-corrected chi connectivity index (χ0v) is 11.4. The van der Waals surface area contributed by atoms with Gasteiger partial charge >= 0.3 is 6.18 Å². The molecule has 3 nitrogen and oxygen atoms in total. The molecule has 0 spiro atoms. The number of nitrogens with one attached hydrogen (secondary N) is 1. The van der Waals surface area contributed by atoms with Gasteiger partial charge < -0.3 is 15.5 Å². The second-order valence-corrected chi connectivity index (χ2v) is 4.92. The lowest BCUT2D eigenvalue weighted by Gasteiger charge is -2.09. The fourth-order valence-corrected chi connectivity index (χ4v) is 2.24. The Kier molecular flexibility index (Phi) is 3.44. The third-order valence-electron chi connectivity index (χ3n) is 3.31. The first kappa shape index (κ1) is 14.3. The molecule has 0 aliphatic rings. The summed E-state index contributed by atoms with van der Waals surface area (Å²) in [6.07, 6.45) is -4.38. The van der Waals surface area contributed by atoms with Crippen LogP contribution in [0, 0.1) is 0 Å². The quantitative estimate of drug-likeness (QED) is 0.707. The van der Waals surface area contributed by atoms with Crippen LogP contribution in [0.2, 0.25) is 0 Å². The zero-order valence-electron chi connectivity index (χ0n) is 11.4. The molecule has 0 atom stereocenters. The first-order valence-corrected chi connectivity index (χ1v) is 6.59. The van der Waals surface area contributed by atoms with Gasteiger partial charge in [-0.2, -0.15) is 13.2 Å². The van der Waals surface area contributed by atoms with E-state index in [4.69, 9.17) is 10.5 Å². The SMILES string of the molecule is Nc1cccc2[nH]c(COc3cccc(C(F)(F)F)c3)cc12. The second kappa shape index (κ2) is 5.29. The molecule has 3 rings (SSSR count). The fourth-order valence-electron chi connectivity index (χ4n) is 2.24. The minimum absolute atomic E-state index is 0.134. The molecule has 0 saturated carbocycles. The Balaban J connectivity index is 1.78. The summed E-state index contributed by atoms with van der Waals surface area (Å²) in [5.41, 5.74) is 7.37. The number of hydrogen-bond acceptors (Lipinski definition) is 2. The molecular formula is C16H13F3N2O. The van der Waals surface area contributed by atoms with Crippen molar-refractivity contribution in [3.05, 3.63) is 59.8 Å². The van der Waals surface area contributed by atoms with Gasteiger partial charge in [0.05, 0.1) is 11.3 Å². The van der Waals surface area contributed by atoms with Crippen molar-refractivity contribution in [2.24, 2.45) is 0 Å². The van der Waals surface area contributed by atoms with Crippen molar-refractivity contribution < 1.29 is 17.9 Å². The van der Waals surface area contributed by atoms with Crippen molar-refractivity contribution in [2.45, 2.75) is 12.8 Å². The van der Waals surface area contributed by atoms with E-state index in [9.17, 15) is 13.2 Å². The van der Waals surface area contributed by atoms with Crippen molar-refractivity contribution in [3.63, 3.8) is 0 Å². The maximum atomic E-state index is 12.6. The number of fused-ring (bicyclic) bond motifs is 1. The van der Waals surface area contributed by atoms with Gasteiger partial charge in [-0.25, -0.2) is 0 Å². The lowest BCUT2D eigenvalue weighted by molar-refractivity contribution is -0.137. The van der Waals surface area contributed by atoms with Crippen LogP contribution in [0.25, 0.3) is 10.9 Å². The molecule has 0 unspecified atom stereocenters. The molecule has 114 valence electrons. The van der Waals surface area contributed by atoms with Crippen LogP contribution in [0.1, 0.15) is 11.3 Å². The van der Waals surface area contributed by atoms with Crippen molar-refractivity contribution in [2.75, 3.05) is 5.73 Å². The van der Waals surface area contributed by atoms with E-state index < -0.39 is 11.7 Å². The molecule has 0 aliphatic heterocycles. The Hall–Kier alpha value is -2.63. The maximum absolute atomic E-state index is 12.6. The number of ether oxygens (including phenoxy) is 1. The van der Waals surface area contributed by atoms with Crippen LogP contribution in [0.15, 0.2) is 48.5 Å². The van der Waals surface area contributed by atoms with Crippen molar-refractivity contribution in [3.8, 4) is 5.75 Å². The van der Waals surface area contributed by atoms with Crippen molar-refractivity contribution in [1.82, 2.24) is 4.98 Å². The van der Waals surface area contributed by atoms with E-state index >= 15 is 0 Å². The van der Waals surface area contributed by atoms with Crippen molar-refractivity contribution >= 4 is 16.6 Å². The van der Waals surface area contributed by atoms with E-state index in [2.05, 4.69) is 4.98 Å². The van der Waals surface area contributed by atoms with E-state index in [1.165, 1.54) is 12.1 Å². The smallest absolute Gasteiger partial charge is 0.416 e. The first-order valence-electron chi connectivity index (χ1n) is 6.59. The molecule has 2 aromatic carbocycles. The number of benzene rings is 2. The van der Waals surface area contributed by atoms with E-state index in [0.717, 1.165) is 28.7 Å². The largest absolute Gasteiger partial charge is 0.487 e. The molecule has 3 aromatic rings. The minimum atomic E-state index is -4.38. The molecule has 0 radical (unpaired) electrons. The van der Waals surface area contributed by atoms with Gasteiger partial charge in [0, 0.05) is 16.6 Å². The monoisotopic (exact) mass is 306 g/mol. The highest BCUT2D eigenvalue weighted by Crippen LogP contribution is 2.31. The molecule has 22 heavy (non-hydrogen) atoms. The Morgan fingerprint density at radius 2 is 1.82 bits per heavy atom. The van der Waals surface area contributed by atoms with Gasteiger partial charge in [-0.3, -0.25) is 0 Å². The second-order valence-electron chi connectivity index (χ2n) is 4.92. The fraction of sp³-hybridized carbons (Fsp3) is 0.125. The molecule has 0 amide bonds. The van der Waals surface area contributed by atoms with Crippen LogP contribution in [0.4, 0.5) is 18.9 Å². The van der Waals surface area contributed by atoms with E-state index in [-0.39, 0.29) is 12.4 Å². The summed E-state index contributed by atoms with van der Waals surface area (Å²) in [6.45, 7) is 0.134. The zero-order chi connectivity index (χ0) is 15.7. The summed E-state index contributed by atoms with van der Waals surface area (Å²) >= 11 is 0. The van der Waals surface area contributed by atoms with Gasteiger partial charge in [-0.05, 0) is 36.4 Å². The van der Waals surface area contributed by atoms with Crippen molar-refractivity contribution in [1.29, 1.82) is 0 Å². The van der Waals surface area contributed by atoms with Gasteiger partial charge in [-0.1, -0.05) is 12.1 Å². The Bertz CT molecular complexity index is 809. The van der Waals surface area contributed by atoms with Gasteiger partial charge in [0.1, 0.15) is 12.4 Å². The van der Waals surface area contributed by atoms with E-state index in [0.29, 0.717) is 5.69 Å². The van der Waals surface area contributed by atoms with Gasteiger partial charge in [0.2, 0.25) is 0 Å². The number of anilines is 1. The summed E-state index contributed by atoms with van der Waals surface area (Å²) in [5, 5.41) is 0.866. The van der Waals surface area contributed by atoms with Crippen LogP contribution < -0.4 is 10.5 Å². The number of halogens is 3. The molecule has 0 aliphatic carbocycles. The molecule has 0 fully saturated rings. The number of rotatable bonds is 3. The van der Waals surface area contributed by atoms with Gasteiger partial charge in [-0.15, -0.1) is 0 Å². The summed E-state index contributed by atoms with van der Waals surface area (Å²) in [7, 11) is 0. The molecular weight excluding hydrogens is 293 g/mol. The minimum Gasteiger partial charge on any atom is -0.487 e. The molecule has 3 N–H and O–H groups in total. The number of aromatic amines is 1. The first-order chi connectivity index (χ1) is 10.4. The number of nitrogens with two attached hydrogens (primary N) is 1. The summed E-state index contributed by atoms with van der Waals surface area (Å²) in [4.78, 5) is 3.12. The molecule has 1 heterocycles. The number of nitrogen functional groups attached to an aromatic ring is 1. The average molecular weight is 306 g/mol. The normalized spacial score (nSPS) is 11.8. The Labute approximate surface area is 124 Å². The summed E-state index contributed by atoms with van der Waals surface area (Å²) in [6, 6.07) is 12.1. The Morgan fingerprint density at radius 1 is 1.05 bits per heavy atom. The highest BCUT2D eigenvalue weighted by molar-refractivity contribution is 5.91. The maximum Gasteiger partial charge on any atom is 0.416 e. The predicted molar refractivity (Wildman–Crippen MR) is 78.5 cm³/mol. The lowest BCUT2D eigenvalue weighted by atomic mass is 10.2. The molecule has 0 saturated heterocycles. The van der Waals surface area contributed by atoms with Crippen LogP contribution in [-0.2, 0) is 12.8 Å². The van der Waals surface area contributed by atoms with Crippen LogP contribution in [0.5, 0.6) is 5.75 Å². The standard InChI is InChI=1S/C16H13F3N2O/c17-16(18,19)10-3-1-4-12(7-10)22-9-11-8-13-14(20)5-2-6-15(13)21-11/h1-8,21H,9,20H2. The average Bonchev–Trinajstić information content (AvgIpc) is 2.89. The number of H-pyrrole nitrogens is 1. The summed E-state index contributed by atoms with van der Waals surface area (Å²) < 4.78 is 43.3. The predicted octanol–water partition coefficient (Wildman–Crippen LogP) is 4.35. The number of hydrogen-bond donors (Lipinski definition) is 2. The topological polar surface area (TPSA) is 51.0 Å². The highest BCUT2D eigenvalue weighted by atomic mass is 19.4. The number of aromatic nitrogens is 1. The third-order valence-corrected chi connectivity index (χ3v) is 3.31. The van der Waals surface area contributed by atoms with Gasteiger partial charge in [0.15, 0.2) is 0 Å². The molecule has 0 bridgehead atoms. The third kappa shape index (κ3) is 2.86. The van der Waals surface area contributed by atoms with E-state index in [1.54, 1.807) is 6.07 Å². The van der Waals surface area contributed by atoms with Crippen LogP contribution in [-0.4, -0.2) is 4.98 Å². The lowest BCUT2D eigenvalue weighted by Crippen LogP contribution is -2.05.